The standard InChI is InChI=1S/C17H20ClNO3S/c1-12-5-4-6-16(9-12)23(20,21)19-7-8-22-15-10-13(2)17(18)14(3)11-15/h4-6,9-11,19H,7-8H2,1-3H3. The monoisotopic (exact) mass is 353 g/mol. The third kappa shape index (κ3) is 4.70. The molecule has 1 N–H and O–H groups in total. The van der Waals surface area contributed by atoms with Gasteiger partial charge < -0.3 is 4.74 Å². The summed E-state index contributed by atoms with van der Waals surface area (Å²) in [5, 5.41) is 0.720. The molecule has 0 aliphatic carbocycles. The summed E-state index contributed by atoms with van der Waals surface area (Å²) in [6.45, 7) is 6.10. The molecule has 0 bridgehead atoms. The van der Waals surface area contributed by atoms with E-state index in [1.807, 2.05) is 39.0 Å². The van der Waals surface area contributed by atoms with Gasteiger partial charge in [0, 0.05) is 11.6 Å². The Morgan fingerprint density at radius 1 is 1.09 bits per heavy atom. The van der Waals surface area contributed by atoms with E-state index in [1.165, 1.54) is 0 Å². The summed E-state index contributed by atoms with van der Waals surface area (Å²) in [5.41, 5.74) is 2.76. The van der Waals surface area contributed by atoms with Gasteiger partial charge in [-0.25, -0.2) is 13.1 Å². The van der Waals surface area contributed by atoms with Gasteiger partial charge in [0.15, 0.2) is 0 Å². The number of halogens is 1. The van der Waals surface area contributed by atoms with E-state index in [0.29, 0.717) is 5.75 Å². The third-order valence-corrected chi connectivity index (χ3v) is 5.43. The molecule has 2 rings (SSSR count). The molecule has 2 aromatic carbocycles. The molecule has 124 valence electrons. The number of sulfonamides is 1. The van der Waals surface area contributed by atoms with Crippen molar-refractivity contribution in [2.45, 2.75) is 25.7 Å². The van der Waals surface area contributed by atoms with Gasteiger partial charge in [-0.2, -0.15) is 0 Å². The van der Waals surface area contributed by atoms with Crippen LogP contribution in [0, 0.1) is 20.8 Å². The van der Waals surface area contributed by atoms with Crippen molar-refractivity contribution in [3.05, 3.63) is 58.1 Å². The largest absolute Gasteiger partial charge is 0.492 e. The summed E-state index contributed by atoms with van der Waals surface area (Å²) in [7, 11) is -3.51. The Bertz CT molecular complexity index is 780. The van der Waals surface area contributed by atoms with Gasteiger partial charge >= 0.3 is 0 Å². The first-order valence-electron chi connectivity index (χ1n) is 7.25. The summed E-state index contributed by atoms with van der Waals surface area (Å²) >= 11 is 6.10. The Morgan fingerprint density at radius 3 is 2.35 bits per heavy atom. The number of nitrogens with one attached hydrogen (secondary N) is 1. The van der Waals surface area contributed by atoms with Crippen LogP contribution in [0.5, 0.6) is 5.75 Å². The predicted octanol–water partition coefficient (Wildman–Crippen LogP) is 3.62. The maximum Gasteiger partial charge on any atom is 0.240 e. The van der Waals surface area contributed by atoms with Gasteiger partial charge in [-0.3, -0.25) is 0 Å². The average molecular weight is 354 g/mol. The van der Waals surface area contributed by atoms with Crippen LogP contribution in [0.3, 0.4) is 0 Å². The van der Waals surface area contributed by atoms with Crippen LogP contribution in [-0.4, -0.2) is 21.6 Å². The SMILES string of the molecule is Cc1cccc(S(=O)(=O)NCCOc2cc(C)c(Cl)c(C)c2)c1. The highest BCUT2D eigenvalue weighted by molar-refractivity contribution is 7.89. The molecule has 4 nitrogen and oxygen atoms in total. The van der Waals surface area contributed by atoms with Crippen molar-refractivity contribution in [3.63, 3.8) is 0 Å². The van der Waals surface area contributed by atoms with E-state index in [0.717, 1.165) is 21.7 Å². The van der Waals surface area contributed by atoms with Crippen molar-refractivity contribution in [2.75, 3.05) is 13.2 Å². The minimum Gasteiger partial charge on any atom is -0.492 e. The molecule has 2 aromatic rings. The number of rotatable bonds is 6. The van der Waals surface area contributed by atoms with Crippen LogP contribution in [0.25, 0.3) is 0 Å². The number of benzene rings is 2. The Morgan fingerprint density at radius 2 is 1.74 bits per heavy atom. The van der Waals surface area contributed by atoms with E-state index in [2.05, 4.69) is 4.72 Å². The molecule has 0 heterocycles. The summed E-state index contributed by atoms with van der Waals surface area (Å²) in [6.07, 6.45) is 0. The molecule has 0 saturated carbocycles. The van der Waals surface area contributed by atoms with Gasteiger partial charge in [-0.1, -0.05) is 23.7 Å². The highest BCUT2D eigenvalue weighted by atomic mass is 35.5. The summed E-state index contributed by atoms with van der Waals surface area (Å²) < 4.78 is 32.5. The van der Waals surface area contributed by atoms with Crippen LogP contribution < -0.4 is 9.46 Å². The molecule has 0 aliphatic heterocycles. The molecule has 0 radical (unpaired) electrons. The number of hydrogen-bond donors (Lipinski definition) is 1. The van der Waals surface area contributed by atoms with Gasteiger partial charge in [-0.15, -0.1) is 0 Å². The van der Waals surface area contributed by atoms with Crippen molar-refractivity contribution in [2.24, 2.45) is 0 Å². The zero-order valence-corrected chi connectivity index (χ0v) is 15.0. The molecule has 0 unspecified atom stereocenters. The number of hydrogen-bond acceptors (Lipinski definition) is 3. The summed E-state index contributed by atoms with van der Waals surface area (Å²) in [6, 6.07) is 10.5. The first-order valence-corrected chi connectivity index (χ1v) is 9.11. The van der Waals surface area contributed by atoms with Crippen LogP contribution in [-0.2, 0) is 10.0 Å². The fourth-order valence-corrected chi connectivity index (χ4v) is 3.43. The Labute approximate surface area is 142 Å². The second-order valence-corrected chi connectivity index (χ2v) is 7.58. The Kier molecular flexibility index (Phi) is 5.68. The fraction of sp³-hybridized carbons (Fsp3) is 0.294. The lowest BCUT2D eigenvalue weighted by Crippen LogP contribution is -2.28. The minimum atomic E-state index is -3.51. The van der Waals surface area contributed by atoms with Crippen molar-refractivity contribution >= 4 is 21.6 Å². The van der Waals surface area contributed by atoms with Crippen molar-refractivity contribution < 1.29 is 13.2 Å². The predicted molar refractivity (Wildman–Crippen MR) is 92.8 cm³/mol. The topological polar surface area (TPSA) is 55.4 Å². The van der Waals surface area contributed by atoms with Gasteiger partial charge in [-0.05, 0) is 61.7 Å². The van der Waals surface area contributed by atoms with E-state index in [1.54, 1.807) is 18.2 Å². The van der Waals surface area contributed by atoms with Gasteiger partial charge in [0.1, 0.15) is 12.4 Å². The first-order chi connectivity index (χ1) is 10.8. The molecule has 0 atom stereocenters. The lowest BCUT2D eigenvalue weighted by molar-refractivity contribution is 0.322. The lowest BCUT2D eigenvalue weighted by atomic mass is 10.1. The van der Waals surface area contributed by atoms with Crippen LogP contribution >= 0.6 is 11.6 Å². The van der Waals surface area contributed by atoms with Crippen molar-refractivity contribution in [1.82, 2.24) is 4.72 Å². The number of ether oxygens (including phenoxy) is 1. The van der Waals surface area contributed by atoms with E-state index < -0.39 is 10.0 Å². The average Bonchev–Trinajstić information content (AvgIpc) is 2.49. The van der Waals surface area contributed by atoms with E-state index in [9.17, 15) is 8.42 Å². The van der Waals surface area contributed by atoms with E-state index in [-0.39, 0.29) is 18.0 Å². The van der Waals surface area contributed by atoms with Crippen molar-refractivity contribution in [3.8, 4) is 5.75 Å². The van der Waals surface area contributed by atoms with E-state index in [4.69, 9.17) is 16.3 Å². The highest BCUT2D eigenvalue weighted by Crippen LogP contribution is 2.25. The molecular weight excluding hydrogens is 334 g/mol. The zero-order valence-electron chi connectivity index (χ0n) is 13.4. The van der Waals surface area contributed by atoms with Crippen molar-refractivity contribution in [1.29, 1.82) is 0 Å². The van der Waals surface area contributed by atoms with E-state index >= 15 is 0 Å². The molecule has 0 aromatic heterocycles. The Balaban J connectivity index is 1.93. The Hall–Kier alpha value is -1.56. The zero-order chi connectivity index (χ0) is 17.0. The number of aryl methyl sites for hydroxylation is 3. The second-order valence-electron chi connectivity index (χ2n) is 5.43. The quantitative estimate of drug-likeness (QED) is 0.807. The van der Waals surface area contributed by atoms with Gasteiger partial charge in [0.25, 0.3) is 0 Å². The molecule has 6 heteroatoms. The van der Waals surface area contributed by atoms with Crippen LogP contribution in [0.4, 0.5) is 0 Å². The molecule has 0 aliphatic rings. The maximum atomic E-state index is 12.2. The van der Waals surface area contributed by atoms with Crippen LogP contribution in [0.15, 0.2) is 41.3 Å². The second kappa shape index (κ2) is 7.34. The van der Waals surface area contributed by atoms with Gasteiger partial charge in [0.05, 0.1) is 4.90 Å². The van der Waals surface area contributed by atoms with Crippen LogP contribution in [0.2, 0.25) is 5.02 Å². The molecule has 0 amide bonds. The van der Waals surface area contributed by atoms with Gasteiger partial charge in [0.2, 0.25) is 10.0 Å². The molecule has 23 heavy (non-hydrogen) atoms. The highest BCUT2D eigenvalue weighted by Gasteiger charge is 2.13. The van der Waals surface area contributed by atoms with Crippen LogP contribution in [0.1, 0.15) is 16.7 Å². The molecule has 0 spiro atoms. The molecular formula is C17H20ClNO3S. The fourth-order valence-electron chi connectivity index (χ4n) is 2.20. The first kappa shape index (κ1) is 17.8. The minimum absolute atomic E-state index is 0.191. The maximum absolute atomic E-state index is 12.2. The smallest absolute Gasteiger partial charge is 0.240 e. The normalized spacial score (nSPS) is 11.5. The molecule has 0 fully saturated rings. The summed E-state index contributed by atoms with van der Waals surface area (Å²) in [4.78, 5) is 0.260. The lowest BCUT2D eigenvalue weighted by Gasteiger charge is -2.11. The molecule has 0 saturated heterocycles. The summed E-state index contributed by atoms with van der Waals surface area (Å²) in [5.74, 6) is 0.680. The third-order valence-electron chi connectivity index (χ3n) is 3.37.